The molecule has 128 valence electrons. The average Bonchev–Trinajstić information content (AvgIpc) is 3.03. The minimum absolute atomic E-state index is 0.0151. The van der Waals surface area contributed by atoms with E-state index in [4.69, 9.17) is 0 Å². The van der Waals surface area contributed by atoms with Gasteiger partial charge in [0.05, 0.1) is 22.7 Å². The molecule has 0 amide bonds. The van der Waals surface area contributed by atoms with Gasteiger partial charge in [-0.15, -0.1) is 0 Å². The van der Waals surface area contributed by atoms with Crippen molar-refractivity contribution in [2.75, 3.05) is 18.0 Å². The third-order valence-electron chi connectivity index (χ3n) is 3.84. The Bertz CT molecular complexity index is 745. The van der Waals surface area contributed by atoms with Gasteiger partial charge in [0.15, 0.2) is 5.13 Å². The first-order valence-corrected chi connectivity index (χ1v) is 8.27. The van der Waals surface area contributed by atoms with Crippen LogP contribution in [0.5, 0.6) is 0 Å². The van der Waals surface area contributed by atoms with E-state index in [1.54, 1.807) is 0 Å². The number of hydrogen-bond donors (Lipinski definition) is 1. The first-order chi connectivity index (χ1) is 11.3. The Morgan fingerprint density at radius 2 is 2.17 bits per heavy atom. The fourth-order valence-electron chi connectivity index (χ4n) is 2.62. The maximum atomic E-state index is 12.8. The van der Waals surface area contributed by atoms with Crippen molar-refractivity contribution in [2.24, 2.45) is 0 Å². The summed E-state index contributed by atoms with van der Waals surface area (Å²) in [5.74, 6) is -0.484. The lowest BCUT2D eigenvalue weighted by atomic mass is 10.1. The van der Waals surface area contributed by atoms with Crippen LogP contribution in [-0.2, 0) is 6.18 Å². The topological polar surface area (TPSA) is 53.4 Å². The van der Waals surface area contributed by atoms with Crippen molar-refractivity contribution in [3.63, 3.8) is 0 Å². The van der Waals surface area contributed by atoms with Crippen molar-refractivity contribution in [3.05, 3.63) is 46.5 Å². The number of aliphatic hydroxyl groups is 1. The van der Waals surface area contributed by atoms with Crippen molar-refractivity contribution >= 4 is 22.3 Å². The van der Waals surface area contributed by atoms with E-state index in [0.29, 0.717) is 11.7 Å². The van der Waals surface area contributed by atoms with E-state index >= 15 is 0 Å². The van der Waals surface area contributed by atoms with Gasteiger partial charge in [0.2, 0.25) is 5.78 Å². The standard InChI is InChI=1S/C16H15F3N2O2S/c17-16(18,19)11-4-1-3-10(7-11)14(23)13-8-20-15(24-13)21-6-2-5-12(22)9-21/h1,3-4,7-8,12,22H,2,5-6,9H2/t12-/m0/s1. The largest absolute Gasteiger partial charge is 0.416 e. The fourth-order valence-corrected chi connectivity index (χ4v) is 3.54. The number of carbonyl (C=O) groups is 1. The molecule has 0 aliphatic carbocycles. The van der Waals surface area contributed by atoms with Crippen molar-refractivity contribution in [2.45, 2.75) is 25.1 Å². The first kappa shape index (κ1) is 16.9. The molecule has 0 spiro atoms. The first-order valence-electron chi connectivity index (χ1n) is 7.45. The molecule has 0 radical (unpaired) electrons. The minimum atomic E-state index is -4.49. The molecule has 0 unspecified atom stereocenters. The van der Waals surface area contributed by atoms with Gasteiger partial charge in [-0.1, -0.05) is 23.5 Å². The number of aliphatic hydroxyl groups excluding tert-OH is 1. The summed E-state index contributed by atoms with van der Waals surface area (Å²) in [6.07, 6.45) is -1.97. The van der Waals surface area contributed by atoms with Gasteiger partial charge < -0.3 is 10.0 Å². The van der Waals surface area contributed by atoms with Gasteiger partial charge in [0, 0.05) is 18.7 Å². The second-order valence-electron chi connectivity index (χ2n) is 5.66. The van der Waals surface area contributed by atoms with Crippen LogP contribution in [0.2, 0.25) is 0 Å². The summed E-state index contributed by atoms with van der Waals surface area (Å²) in [7, 11) is 0. The summed E-state index contributed by atoms with van der Waals surface area (Å²) in [5.41, 5.74) is -0.865. The fraction of sp³-hybridized carbons (Fsp3) is 0.375. The predicted molar refractivity (Wildman–Crippen MR) is 84.4 cm³/mol. The van der Waals surface area contributed by atoms with Crippen LogP contribution < -0.4 is 4.90 Å². The lowest BCUT2D eigenvalue weighted by Crippen LogP contribution is -2.38. The van der Waals surface area contributed by atoms with Crippen LogP contribution in [0, 0.1) is 0 Å². The smallest absolute Gasteiger partial charge is 0.391 e. The zero-order chi connectivity index (χ0) is 17.3. The highest BCUT2D eigenvalue weighted by Gasteiger charge is 2.31. The summed E-state index contributed by atoms with van der Waals surface area (Å²) < 4.78 is 38.3. The number of alkyl halides is 3. The highest BCUT2D eigenvalue weighted by molar-refractivity contribution is 7.17. The quantitative estimate of drug-likeness (QED) is 0.857. The van der Waals surface area contributed by atoms with Gasteiger partial charge in [-0.3, -0.25) is 4.79 Å². The zero-order valence-electron chi connectivity index (χ0n) is 12.6. The maximum Gasteiger partial charge on any atom is 0.416 e. The van der Waals surface area contributed by atoms with E-state index in [2.05, 4.69) is 4.98 Å². The number of anilines is 1. The normalized spacial score (nSPS) is 18.7. The van der Waals surface area contributed by atoms with Crippen LogP contribution in [-0.4, -0.2) is 35.1 Å². The molecular weight excluding hydrogens is 341 g/mol. The number of thiazole rings is 1. The number of nitrogens with zero attached hydrogens (tertiary/aromatic N) is 2. The number of ketones is 1. The van der Waals surface area contributed by atoms with E-state index in [1.807, 2.05) is 4.90 Å². The molecule has 1 atom stereocenters. The van der Waals surface area contributed by atoms with Gasteiger partial charge in [-0.05, 0) is 25.0 Å². The summed E-state index contributed by atoms with van der Waals surface area (Å²) in [6.45, 7) is 1.19. The van der Waals surface area contributed by atoms with Crippen molar-refractivity contribution in [1.29, 1.82) is 0 Å². The molecule has 1 aromatic carbocycles. The zero-order valence-corrected chi connectivity index (χ0v) is 13.4. The molecular formula is C16H15F3N2O2S. The van der Waals surface area contributed by atoms with Gasteiger partial charge in [-0.25, -0.2) is 4.98 Å². The van der Waals surface area contributed by atoms with E-state index < -0.39 is 23.6 Å². The third-order valence-corrected chi connectivity index (χ3v) is 4.89. The molecule has 24 heavy (non-hydrogen) atoms. The van der Waals surface area contributed by atoms with Gasteiger partial charge in [0.1, 0.15) is 0 Å². The molecule has 2 heterocycles. The Hall–Kier alpha value is -1.93. The summed E-state index contributed by atoms with van der Waals surface area (Å²) >= 11 is 1.13. The Morgan fingerprint density at radius 3 is 2.88 bits per heavy atom. The molecule has 1 aliphatic heterocycles. The van der Waals surface area contributed by atoms with Crippen LogP contribution in [0.25, 0.3) is 0 Å². The van der Waals surface area contributed by atoms with E-state index in [0.717, 1.165) is 42.9 Å². The molecule has 1 fully saturated rings. The predicted octanol–water partition coefficient (Wildman–Crippen LogP) is 3.35. The molecule has 8 heteroatoms. The second kappa shape index (κ2) is 6.52. The van der Waals surface area contributed by atoms with Gasteiger partial charge in [-0.2, -0.15) is 13.2 Å². The highest BCUT2D eigenvalue weighted by Crippen LogP contribution is 2.31. The van der Waals surface area contributed by atoms with Crippen LogP contribution in [0.15, 0.2) is 30.5 Å². The molecule has 0 saturated carbocycles. The van der Waals surface area contributed by atoms with Gasteiger partial charge >= 0.3 is 6.18 Å². The number of rotatable bonds is 3. The molecule has 0 bridgehead atoms. The Balaban J connectivity index is 1.81. The lowest BCUT2D eigenvalue weighted by molar-refractivity contribution is -0.137. The van der Waals surface area contributed by atoms with Crippen LogP contribution >= 0.6 is 11.3 Å². The average molecular weight is 356 g/mol. The molecule has 1 N–H and O–H groups in total. The molecule has 1 aromatic heterocycles. The molecule has 1 aliphatic rings. The number of aromatic nitrogens is 1. The van der Waals surface area contributed by atoms with Crippen LogP contribution in [0.3, 0.4) is 0 Å². The van der Waals surface area contributed by atoms with Crippen LogP contribution in [0.4, 0.5) is 18.3 Å². The minimum Gasteiger partial charge on any atom is -0.391 e. The number of hydrogen-bond acceptors (Lipinski definition) is 5. The third kappa shape index (κ3) is 3.59. The molecule has 2 aromatic rings. The number of carbonyl (C=O) groups excluding carboxylic acids is 1. The number of piperidine rings is 1. The van der Waals surface area contributed by atoms with E-state index in [9.17, 15) is 23.1 Å². The SMILES string of the molecule is O=C(c1cccc(C(F)(F)F)c1)c1cnc(N2CCC[C@H](O)C2)s1. The highest BCUT2D eigenvalue weighted by atomic mass is 32.1. The Kier molecular flexibility index (Phi) is 4.60. The Morgan fingerprint density at radius 1 is 1.38 bits per heavy atom. The monoisotopic (exact) mass is 356 g/mol. The van der Waals surface area contributed by atoms with E-state index in [1.165, 1.54) is 18.3 Å². The Labute approximate surface area is 140 Å². The molecule has 4 nitrogen and oxygen atoms in total. The summed E-state index contributed by atoms with van der Waals surface area (Å²) in [6, 6.07) is 4.37. The number of β-amino-alcohol motifs (C(OH)–C–C–N with tert-alkyl or cyclic N) is 1. The number of benzene rings is 1. The molecule has 1 saturated heterocycles. The molecule has 3 rings (SSSR count). The number of halogens is 3. The maximum absolute atomic E-state index is 12.8. The van der Waals surface area contributed by atoms with Crippen molar-refractivity contribution < 1.29 is 23.1 Å². The van der Waals surface area contributed by atoms with Crippen LogP contribution in [0.1, 0.15) is 33.6 Å². The summed E-state index contributed by atoms with van der Waals surface area (Å²) in [4.78, 5) is 18.8. The summed E-state index contributed by atoms with van der Waals surface area (Å²) in [5, 5.41) is 10.3. The lowest BCUT2D eigenvalue weighted by Gasteiger charge is -2.29. The second-order valence-corrected chi connectivity index (χ2v) is 6.67. The van der Waals surface area contributed by atoms with Gasteiger partial charge in [0.25, 0.3) is 0 Å². The van der Waals surface area contributed by atoms with Crippen molar-refractivity contribution in [1.82, 2.24) is 4.98 Å². The van der Waals surface area contributed by atoms with Crippen molar-refractivity contribution in [3.8, 4) is 0 Å². The van der Waals surface area contributed by atoms with E-state index in [-0.39, 0.29) is 10.4 Å².